The fourth-order valence-electron chi connectivity index (χ4n) is 4.82. The van der Waals surface area contributed by atoms with Crippen molar-refractivity contribution in [2.75, 3.05) is 0 Å². The first-order valence-electron chi connectivity index (χ1n) is 10.8. The van der Waals surface area contributed by atoms with Crippen molar-refractivity contribution in [1.82, 2.24) is 0 Å². The van der Waals surface area contributed by atoms with E-state index in [2.05, 4.69) is 96.1 Å². The van der Waals surface area contributed by atoms with E-state index >= 15 is 0 Å². The van der Waals surface area contributed by atoms with Gasteiger partial charge in [0.15, 0.2) is 0 Å². The summed E-state index contributed by atoms with van der Waals surface area (Å²) in [5.74, 6) is 0. The Bertz CT molecular complexity index is 1070. The van der Waals surface area contributed by atoms with Crippen LogP contribution in [0.3, 0.4) is 0 Å². The van der Waals surface area contributed by atoms with E-state index in [0.717, 1.165) is 6.42 Å². The van der Waals surface area contributed by atoms with Gasteiger partial charge in [-0.25, -0.2) is 0 Å². The molecule has 0 aliphatic carbocycles. The zero-order valence-electron chi connectivity index (χ0n) is 19.0. The summed E-state index contributed by atoms with van der Waals surface area (Å²) in [6, 6.07) is 20.4. The topological polar surface area (TPSA) is 0 Å². The van der Waals surface area contributed by atoms with Crippen molar-refractivity contribution in [3.8, 4) is 21.2 Å². The van der Waals surface area contributed by atoms with Crippen LogP contribution in [0.25, 0.3) is 21.2 Å². The molecule has 1 heterocycles. The van der Waals surface area contributed by atoms with Gasteiger partial charge in [0.1, 0.15) is 0 Å². The maximum Gasteiger partial charge on any atom is -0.0213 e. The molecule has 0 unspecified atom stereocenters. The van der Waals surface area contributed by atoms with Crippen LogP contribution in [-0.2, 0) is 12.6 Å². The molecule has 0 N–H and O–H groups in total. The molecule has 0 aliphatic heterocycles. The SMILES string of the molecule is Cc1cc(C)c(-c2p[c-](-c3c(C)cc(C)cc3C)p2CCc2ccccc2)c(C)c1. The van der Waals surface area contributed by atoms with Gasteiger partial charge in [0, 0.05) is 0 Å². The highest BCUT2D eigenvalue weighted by Crippen LogP contribution is 2.65. The second-order valence-electron chi connectivity index (χ2n) is 8.69. The Kier molecular flexibility index (Phi) is 6.11. The molecule has 4 rings (SSSR count). The lowest BCUT2D eigenvalue weighted by molar-refractivity contribution is 1.08. The predicted molar refractivity (Wildman–Crippen MR) is 137 cm³/mol. The third-order valence-corrected chi connectivity index (χ3v) is 11.1. The van der Waals surface area contributed by atoms with Crippen molar-refractivity contribution in [2.24, 2.45) is 0 Å². The van der Waals surface area contributed by atoms with E-state index in [1.807, 2.05) is 0 Å². The van der Waals surface area contributed by atoms with Crippen LogP contribution in [0.15, 0.2) is 54.6 Å². The minimum Gasteiger partial charge on any atom is -0.170 e. The zero-order chi connectivity index (χ0) is 21.4. The Labute approximate surface area is 184 Å². The van der Waals surface area contributed by atoms with Crippen molar-refractivity contribution in [3.05, 3.63) is 93.5 Å². The van der Waals surface area contributed by atoms with E-state index < -0.39 is 0 Å². The van der Waals surface area contributed by atoms with Crippen LogP contribution in [0, 0.1) is 41.5 Å². The van der Waals surface area contributed by atoms with Crippen LogP contribution < -0.4 is 0 Å². The first kappa shape index (κ1) is 21.2. The van der Waals surface area contributed by atoms with Gasteiger partial charge in [-0.15, -0.1) is 24.9 Å². The van der Waals surface area contributed by atoms with E-state index in [-0.39, 0.29) is 7.53 Å². The maximum atomic E-state index is 2.36. The molecular formula is C28H31P2-. The monoisotopic (exact) mass is 429 g/mol. The van der Waals surface area contributed by atoms with Crippen molar-refractivity contribution in [3.63, 3.8) is 0 Å². The van der Waals surface area contributed by atoms with Crippen LogP contribution in [0.2, 0.25) is 0 Å². The molecule has 2 heteroatoms. The molecule has 30 heavy (non-hydrogen) atoms. The van der Waals surface area contributed by atoms with Crippen molar-refractivity contribution >= 4 is 15.7 Å². The van der Waals surface area contributed by atoms with Crippen molar-refractivity contribution in [1.29, 1.82) is 0 Å². The van der Waals surface area contributed by atoms with Gasteiger partial charge in [0.25, 0.3) is 0 Å². The van der Waals surface area contributed by atoms with Gasteiger partial charge in [0.05, 0.1) is 0 Å². The molecule has 0 amide bonds. The lowest BCUT2D eigenvalue weighted by Crippen LogP contribution is -1.95. The summed E-state index contributed by atoms with van der Waals surface area (Å²) in [7, 11) is 1.19. The summed E-state index contributed by atoms with van der Waals surface area (Å²) in [4.78, 5) is 0. The highest BCUT2D eigenvalue weighted by molar-refractivity contribution is 7.78. The minimum atomic E-state index is -0.264. The van der Waals surface area contributed by atoms with Crippen LogP contribution in [0.1, 0.15) is 38.9 Å². The molecule has 0 saturated carbocycles. The summed E-state index contributed by atoms with van der Waals surface area (Å²) in [5, 5.41) is 3.37. The molecule has 0 atom stereocenters. The molecule has 0 saturated heterocycles. The number of hydrogen-bond acceptors (Lipinski definition) is 0. The average Bonchev–Trinajstić information content (AvgIpc) is 2.65. The Morgan fingerprint density at radius 1 is 0.733 bits per heavy atom. The first-order chi connectivity index (χ1) is 14.3. The van der Waals surface area contributed by atoms with Gasteiger partial charge in [-0.3, -0.25) is 0 Å². The Hall–Kier alpha value is -2.00. The van der Waals surface area contributed by atoms with Crippen molar-refractivity contribution in [2.45, 2.75) is 54.1 Å². The summed E-state index contributed by atoms with van der Waals surface area (Å²) in [6.07, 6.45) is 2.40. The van der Waals surface area contributed by atoms with E-state index in [9.17, 15) is 0 Å². The van der Waals surface area contributed by atoms with Gasteiger partial charge in [-0.1, -0.05) is 79.6 Å². The predicted octanol–water partition coefficient (Wildman–Crippen LogP) is 9.40. The second-order valence-corrected chi connectivity index (χ2v) is 12.7. The van der Waals surface area contributed by atoms with E-state index in [4.69, 9.17) is 0 Å². The largest absolute Gasteiger partial charge is 0.170 e. The van der Waals surface area contributed by atoms with Gasteiger partial charge < -0.3 is 0 Å². The van der Waals surface area contributed by atoms with Crippen LogP contribution >= 0.6 is 15.7 Å². The van der Waals surface area contributed by atoms with Gasteiger partial charge >= 0.3 is 0 Å². The molecule has 3 aromatic carbocycles. The number of aryl methyl sites for hydroxylation is 7. The second kappa shape index (κ2) is 8.63. The third-order valence-electron chi connectivity index (χ3n) is 5.99. The Balaban J connectivity index is 1.82. The molecule has 154 valence electrons. The standard InChI is InChI=1S/C28H31P2/c1-18-14-20(3)25(21(4)15-18)27-29-28(26-22(5)16-19(2)17-23(26)6)30(27)13-12-24-10-8-7-9-11-24/h7-11,14-17H,12-13H2,1-6H3/q-1. The van der Waals surface area contributed by atoms with E-state index in [1.165, 1.54) is 64.4 Å². The summed E-state index contributed by atoms with van der Waals surface area (Å²) >= 11 is 0. The highest BCUT2D eigenvalue weighted by Gasteiger charge is 2.18. The fraction of sp³-hybridized carbons (Fsp3) is 0.286. The van der Waals surface area contributed by atoms with E-state index in [0.29, 0.717) is 0 Å². The van der Waals surface area contributed by atoms with Crippen LogP contribution in [0.5, 0.6) is 0 Å². The third kappa shape index (κ3) is 4.09. The zero-order valence-corrected chi connectivity index (χ0v) is 20.8. The first-order valence-corrected chi connectivity index (χ1v) is 13.2. The Morgan fingerprint density at radius 3 is 1.83 bits per heavy atom. The van der Waals surface area contributed by atoms with Crippen molar-refractivity contribution < 1.29 is 0 Å². The highest BCUT2D eigenvalue weighted by atomic mass is 31.1. The quantitative estimate of drug-likeness (QED) is 0.277. The molecular weight excluding hydrogens is 398 g/mol. The van der Waals surface area contributed by atoms with E-state index in [1.54, 1.807) is 10.1 Å². The summed E-state index contributed by atoms with van der Waals surface area (Å²) in [5.41, 5.74) is 13.0. The molecule has 0 radical (unpaired) electrons. The fourth-order valence-corrected chi connectivity index (χ4v) is 10.4. The number of benzene rings is 3. The van der Waals surface area contributed by atoms with Gasteiger partial charge in [-0.2, -0.15) is 7.53 Å². The molecule has 4 aromatic rings. The molecule has 1 aromatic heterocycles. The average molecular weight is 430 g/mol. The lowest BCUT2D eigenvalue weighted by Gasteiger charge is -2.31. The normalized spacial score (nSPS) is 12.1. The molecule has 0 nitrogen and oxygen atoms in total. The summed E-state index contributed by atoms with van der Waals surface area (Å²) < 4.78 is 0. The maximum absolute atomic E-state index is 2.36. The van der Waals surface area contributed by atoms with Crippen LogP contribution in [-0.4, -0.2) is 0 Å². The summed E-state index contributed by atoms with van der Waals surface area (Å²) in [6.45, 7) is 13.6. The number of hydrogen-bond donors (Lipinski definition) is 0. The molecule has 0 bridgehead atoms. The molecule has 0 spiro atoms. The number of rotatable bonds is 5. The minimum absolute atomic E-state index is 0.264. The van der Waals surface area contributed by atoms with Crippen LogP contribution in [0.4, 0.5) is 0 Å². The molecule has 0 fully saturated rings. The molecule has 0 aliphatic rings. The van der Waals surface area contributed by atoms with Gasteiger partial charge in [0.2, 0.25) is 0 Å². The Morgan fingerprint density at radius 2 is 1.27 bits per heavy atom. The smallest absolute Gasteiger partial charge is 0.0213 e. The lowest BCUT2D eigenvalue weighted by atomic mass is 10.0. The van der Waals surface area contributed by atoms with Gasteiger partial charge in [-0.05, 0) is 72.6 Å².